The normalized spacial score (nSPS) is 17.4. The molecule has 1 saturated heterocycles. The number of hydrogen-bond donors (Lipinski definition) is 2. The average Bonchev–Trinajstić information content (AvgIpc) is 3.11. The fraction of sp³-hybridized carbons (Fsp3) is 0.389. The van der Waals surface area contributed by atoms with E-state index in [1.165, 1.54) is 17.7 Å². The number of hydrogen-bond acceptors (Lipinski definition) is 5. The molecule has 0 spiro atoms. The van der Waals surface area contributed by atoms with Gasteiger partial charge in [0.15, 0.2) is 0 Å². The predicted molar refractivity (Wildman–Crippen MR) is 93.7 cm³/mol. The van der Waals surface area contributed by atoms with Crippen LogP contribution in [0.3, 0.4) is 0 Å². The average molecular weight is 342 g/mol. The molecule has 0 unspecified atom stereocenters. The number of methoxy groups -OCH3 is 1. The summed E-state index contributed by atoms with van der Waals surface area (Å²) < 4.78 is 5.21. The number of H-pyrrole nitrogens is 1. The molecule has 2 heterocycles. The van der Waals surface area contributed by atoms with Crippen LogP contribution in [0.25, 0.3) is 0 Å². The molecular weight excluding hydrogens is 320 g/mol. The Hall–Kier alpha value is -2.67. The summed E-state index contributed by atoms with van der Waals surface area (Å²) in [5.41, 5.74) is 1.16. The highest BCUT2D eigenvalue weighted by Gasteiger charge is 2.25. The largest absolute Gasteiger partial charge is 0.497 e. The number of aromatic nitrogens is 2. The van der Waals surface area contributed by atoms with Crippen LogP contribution in [0.15, 0.2) is 41.2 Å². The number of nitrogens with zero attached hydrogens (tertiary/aromatic N) is 2. The topological polar surface area (TPSA) is 87.3 Å². The molecule has 2 N–H and O–H groups in total. The molecule has 1 aromatic heterocycles. The quantitative estimate of drug-likeness (QED) is 0.827. The van der Waals surface area contributed by atoms with E-state index in [2.05, 4.69) is 32.5 Å². The summed E-state index contributed by atoms with van der Waals surface area (Å²) >= 11 is 0. The summed E-state index contributed by atoms with van der Waals surface area (Å²) in [4.78, 5) is 25.4. The number of nitrogens with one attached hydrogen (secondary N) is 2. The second-order valence-electron chi connectivity index (χ2n) is 6.03. The molecule has 132 valence electrons. The molecule has 0 saturated carbocycles. The van der Waals surface area contributed by atoms with Crippen molar-refractivity contribution in [1.29, 1.82) is 0 Å². The molecular formula is C18H22N4O3. The second kappa shape index (κ2) is 7.94. The smallest absolute Gasteiger partial charge is 0.271 e. The van der Waals surface area contributed by atoms with Crippen LogP contribution in [0, 0.1) is 0 Å². The summed E-state index contributed by atoms with van der Waals surface area (Å²) in [6.07, 6.45) is 2.26. The maximum atomic E-state index is 12.0. The fourth-order valence-electron chi connectivity index (χ4n) is 3.17. The van der Waals surface area contributed by atoms with Crippen LogP contribution >= 0.6 is 0 Å². The van der Waals surface area contributed by atoms with Crippen molar-refractivity contribution >= 4 is 5.91 Å². The first-order chi connectivity index (χ1) is 12.2. The van der Waals surface area contributed by atoms with Crippen LogP contribution in [0.5, 0.6) is 5.75 Å². The number of aromatic amines is 1. The summed E-state index contributed by atoms with van der Waals surface area (Å²) in [5, 5.41) is 8.85. The van der Waals surface area contributed by atoms with Gasteiger partial charge < -0.3 is 10.1 Å². The lowest BCUT2D eigenvalue weighted by molar-refractivity contribution is 0.0941. The van der Waals surface area contributed by atoms with E-state index in [1.54, 1.807) is 7.11 Å². The van der Waals surface area contributed by atoms with Gasteiger partial charge in [-0.25, -0.2) is 5.10 Å². The minimum Gasteiger partial charge on any atom is -0.497 e. The third-order valence-electron chi connectivity index (χ3n) is 4.46. The maximum absolute atomic E-state index is 12.0. The van der Waals surface area contributed by atoms with Crippen LogP contribution in [-0.2, 0) is 0 Å². The van der Waals surface area contributed by atoms with Crippen molar-refractivity contribution in [2.75, 3.05) is 26.7 Å². The predicted octanol–water partition coefficient (Wildman–Crippen LogP) is 1.35. The van der Waals surface area contributed by atoms with Crippen LogP contribution in [0.2, 0.25) is 0 Å². The number of rotatable bonds is 6. The lowest BCUT2D eigenvalue weighted by Gasteiger charge is -2.25. The van der Waals surface area contributed by atoms with E-state index in [-0.39, 0.29) is 17.2 Å². The van der Waals surface area contributed by atoms with Crippen molar-refractivity contribution in [3.63, 3.8) is 0 Å². The van der Waals surface area contributed by atoms with Gasteiger partial charge in [0.1, 0.15) is 11.4 Å². The van der Waals surface area contributed by atoms with E-state index in [9.17, 15) is 9.59 Å². The summed E-state index contributed by atoms with van der Waals surface area (Å²) in [6.45, 7) is 2.32. The first-order valence-electron chi connectivity index (χ1n) is 8.39. The van der Waals surface area contributed by atoms with E-state index >= 15 is 0 Å². The lowest BCUT2D eigenvalue weighted by atomic mass is 10.0. The minimum atomic E-state index is -0.323. The summed E-state index contributed by atoms with van der Waals surface area (Å²) in [5.74, 6) is 0.574. The van der Waals surface area contributed by atoms with Gasteiger partial charge in [0.05, 0.1) is 7.11 Å². The highest BCUT2D eigenvalue weighted by Crippen LogP contribution is 2.32. The Labute approximate surface area is 146 Å². The Balaban J connectivity index is 1.53. The molecule has 1 fully saturated rings. The Bertz CT molecular complexity index is 752. The van der Waals surface area contributed by atoms with Crippen molar-refractivity contribution in [2.45, 2.75) is 18.9 Å². The zero-order chi connectivity index (χ0) is 17.6. The standard InChI is InChI=1S/C18H22N4O3/c1-25-14-6-4-13(5-7-14)16-3-2-11-22(16)12-10-19-18(24)15-8-9-17(23)21-20-15/h4-9,16H,2-3,10-12H2,1H3,(H,19,24)(H,21,23)/t16-/m0/s1. The fourth-order valence-corrected chi connectivity index (χ4v) is 3.17. The van der Waals surface area contributed by atoms with Gasteiger partial charge in [0.25, 0.3) is 11.5 Å². The van der Waals surface area contributed by atoms with Crippen molar-refractivity contribution in [1.82, 2.24) is 20.4 Å². The second-order valence-corrected chi connectivity index (χ2v) is 6.03. The Morgan fingerprint density at radius 3 is 2.80 bits per heavy atom. The van der Waals surface area contributed by atoms with E-state index in [0.29, 0.717) is 12.6 Å². The molecule has 3 rings (SSSR count). The molecule has 1 amide bonds. The first kappa shape index (κ1) is 17.2. The number of ether oxygens (including phenoxy) is 1. The number of amides is 1. The summed E-state index contributed by atoms with van der Waals surface area (Å²) in [7, 11) is 1.66. The molecule has 7 nitrogen and oxygen atoms in total. The molecule has 25 heavy (non-hydrogen) atoms. The Morgan fingerprint density at radius 2 is 2.12 bits per heavy atom. The number of carbonyl (C=O) groups is 1. The van der Waals surface area contributed by atoms with Gasteiger partial charge in [-0.3, -0.25) is 14.5 Å². The van der Waals surface area contributed by atoms with Gasteiger partial charge in [-0.15, -0.1) is 0 Å². The molecule has 1 aliphatic heterocycles. The molecule has 1 atom stereocenters. The van der Waals surface area contributed by atoms with Gasteiger partial charge in [-0.05, 0) is 43.1 Å². The Kier molecular flexibility index (Phi) is 5.45. The molecule has 1 aromatic carbocycles. The maximum Gasteiger partial charge on any atom is 0.271 e. The van der Waals surface area contributed by atoms with Gasteiger partial charge in [0, 0.05) is 25.2 Å². The van der Waals surface area contributed by atoms with Crippen LogP contribution in [0.4, 0.5) is 0 Å². The first-order valence-corrected chi connectivity index (χ1v) is 8.39. The molecule has 1 aliphatic rings. The van der Waals surface area contributed by atoms with Crippen LogP contribution in [0.1, 0.15) is 34.9 Å². The van der Waals surface area contributed by atoms with E-state index < -0.39 is 0 Å². The third-order valence-corrected chi connectivity index (χ3v) is 4.46. The van der Waals surface area contributed by atoms with Gasteiger partial charge >= 0.3 is 0 Å². The molecule has 7 heteroatoms. The zero-order valence-electron chi connectivity index (χ0n) is 14.2. The van der Waals surface area contributed by atoms with Crippen molar-refractivity contribution in [3.8, 4) is 5.75 Å². The van der Waals surface area contributed by atoms with Crippen LogP contribution in [-0.4, -0.2) is 47.7 Å². The molecule has 0 radical (unpaired) electrons. The van der Waals surface area contributed by atoms with E-state index in [4.69, 9.17) is 4.74 Å². The highest BCUT2D eigenvalue weighted by molar-refractivity contribution is 5.91. The van der Waals surface area contributed by atoms with Crippen molar-refractivity contribution in [3.05, 3.63) is 58.0 Å². The number of carbonyl (C=O) groups excluding carboxylic acids is 1. The van der Waals surface area contributed by atoms with Gasteiger partial charge in [-0.2, -0.15) is 5.10 Å². The zero-order valence-corrected chi connectivity index (χ0v) is 14.2. The third kappa shape index (κ3) is 4.24. The van der Waals surface area contributed by atoms with E-state index in [1.807, 2.05) is 12.1 Å². The van der Waals surface area contributed by atoms with E-state index in [0.717, 1.165) is 31.7 Å². The minimum absolute atomic E-state index is 0.215. The molecule has 0 bridgehead atoms. The number of likely N-dealkylation sites (tertiary alicyclic amines) is 1. The SMILES string of the molecule is COc1ccc([C@@H]2CCCN2CCNC(=O)c2ccc(=O)[nH]n2)cc1. The number of benzene rings is 1. The highest BCUT2D eigenvalue weighted by atomic mass is 16.5. The summed E-state index contributed by atoms with van der Waals surface area (Å²) in [6, 6.07) is 11.3. The molecule has 2 aromatic rings. The van der Waals surface area contributed by atoms with Gasteiger partial charge in [-0.1, -0.05) is 12.1 Å². The lowest BCUT2D eigenvalue weighted by Crippen LogP contribution is -2.35. The van der Waals surface area contributed by atoms with Crippen molar-refractivity contribution < 1.29 is 9.53 Å². The molecule has 0 aliphatic carbocycles. The van der Waals surface area contributed by atoms with Crippen LogP contribution < -0.4 is 15.6 Å². The van der Waals surface area contributed by atoms with Crippen molar-refractivity contribution in [2.24, 2.45) is 0 Å². The Morgan fingerprint density at radius 1 is 1.32 bits per heavy atom. The monoisotopic (exact) mass is 342 g/mol. The van der Waals surface area contributed by atoms with Gasteiger partial charge in [0.2, 0.25) is 0 Å².